The summed E-state index contributed by atoms with van der Waals surface area (Å²) in [6.45, 7) is 0. The Morgan fingerprint density at radius 2 is 2.06 bits per heavy atom. The third-order valence-corrected chi connectivity index (χ3v) is 4.13. The molecule has 92 valence electrons. The van der Waals surface area contributed by atoms with Gasteiger partial charge in [0, 0.05) is 0 Å². The standard InChI is InChI=1S/C14H17BrFN/c15-13-11(8-5-9-12(13)16)14(17)10-6-3-1-2-4-7-10/h5-6,8-9,14H,1-4,7,17H2. The summed E-state index contributed by atoms with van der Waals surface area (Å²) >= 11 is 3.28. The minimum Gasteiger partial charge on any atom is -0.321 e. The molecular weight excluding hydrogens is 281 g/mol. The lowest BCUT2D eigenvalue weighted by atomic mass is 9.96. The summed E-state index contributed by atoms with van der Waals surface area (Å²) in [6, 6.07) is 4.87. The molecule has 0 saturated carbocycles. The molecule has 1 aromatic carbocycles. The van der Waals surface area contributed by atoms with Gasteiger partial charge in [0.05, 0.1) is 10.5 Å². The van der Waals surface area contributed by atoms with E-state index in [0.29, 0.717) is 4.47 Å². The maximum absolute atomic E-state index is 13.5. The Morgan fingerprint density at radius 1 is 1.24 bits per heavy atom. The van der Waals surface area contributed by atoms with Gasteiger partial charge in [-0.05, 0) is 53.2 Å². The van der Waals surface area contributed by atoms with E-state index in [1.807, 2.05) is 6.07 Å². The van der Waals surface area contributed by atoms with E-state index in [-0.39, 0.29) is 11.9 Å². The largest absolute Gasteiger partial charge is 0.321 e. The Balaban J connectivity index is 2.26. The van der Waals surface area contributed by atoms with Crippen molar-refractivity contribution in [3.8, 4) is 0 Å². The molecule has 1 aliphatic carbocycles. The molecule has 0 saturated heterocycles. The molecule has 1 aromatic rings. The lowest BCUT2D eigenvalue weighted by Gasteiger charge is -2.17. The van der Waals surface area contributed by atoms with Crippen LogP contribution in [0.15, 0.2) is 34.3 Å². The van der Waals surface area contributed by atoms with Crippen molar-refractivity contribution in [3.63, 3.8) is 0 Å². The van der Waals surface area contributed by atoms with Gasteiger partial charge in [0.1, 0.15) is 5.82 Å². The number of halogens is 2. The number of nitrogens with two attached hydrogens (primary N) is 1. The van der Waals surface area contributed by atoms with Gasteiger partial charge in [-0.3, -0.25) is 0 Å². The van der Waals surface area contributed by atoms with Crippen molar-refractivity contribution in [3.05, 3.63) is 45.7 Å². The number of hydrogen-bond donors (Lipinski definition) is 1. The molecule has 3 heteroatoms. The average Bonchev–Trinajstić information content (AvgIpc) is 2.60. The first-order chi connectivity index (χ1) is 8.20. The third kappa shape index (κ3) is 2.96. The van der Waals surface area contributed by atoms with Gasteiger partial charge in [0.2, 0.25) is 0 Å². The highest BCUT2D eigenvalue weighted by atomic mass is 79.9. The first-order valence-electron chi connectivity index (χ1n) is 6.08. The Labute approximate surface area is 110 Å². The van der Waals surface area contributed by atoms with Crippen molar-refractivity contribution in [1.29, 1.82) is 0 Å². The van der Waals surface area contributed by atoms with Crippen molar-refractivity contribution < 1.29 is 4.39 Å². The molecule has 2 N–H and O–H groups in total. The van der Waals surface area contributed by atoms with Crippen LogP contribution in [0.25, 0.3) is 0 Å². The molecule has 1 aliphatic rings. The van der Waals surface area contributed by atoms with Gasteiger partial charge in [-0.1, -0.05) is 30.2 Å². The topological polar surface area (TPSA) is 26.0 Å². The van der Waals surface area contributed by atoms with Gasteiger partial charge >= 0.3 is 0 Å². The molecule has 0 aliphatic heterocycles. The fourth-order valence-electron chi connectivity index (χ4n) is 2.28. The highest BCUT2D eigenvalue weighted by Gasteiger charge is 2.17. The highest BCUT2D eigenvalue weighted by molar-refractivity contribution is 9.10. The van der Waals surface area contributed by atoms with Crippen LogP contribution in [0.5, 0.6) is 0 Å². The summed E-state index contributed by atoms with van der Waals surface area (Å²) in [4.78, 5) is 0. The first kappa shape index (κ1) is 12.8. The molecule has 0 amide bonds. The number of allylic oxidation sites excluding steroid dienone is 1. The van der Waals surface area contributed by atoms with Crippen LogP contribution in [0.1, 0.15) is 43.7 Å². The van der Waals surface area contributed by atoms with E-state index in [2.05, 4.69) is 22.0 Å². The summed E-state index contributed by atoms with van der Waals surface area (Å²) < 4.78 is 14.0. The maximum atomic E-state index is 13.5. The van der Waals surface area contributed by atoms with E-state index < -0.39 is 0 Å². The summed E-state index contributed by atoms with van der Waals surface area (Å²) in [6.07, 6.45) is 8.04. The van der Waals surface area contributed by atoms with Crippen LogP contribution in [0.4, 0.5) is 4.39 Å². The third-order valence-electron chi connectivity index (χ3n) is 3.29. The van der Waals surface area contributed by atoms with Crippen LogP contribution >= 0.6 is 15.9 Å². The number of rotatable bonds is 2. The molecular formula is C14H17BrFN. The molecule has 0 bridgehead atoms. The molecule has 0 fully saturated rings. The predicted octanol–water partition coefficient (Wildman–Crippen LogP) is 4.48. The van der Waals surface area contributed by atoms with Crippen molar-refractivity contribution in [1.82, 2.24) is 0 Å². The van der Waals surface area contributed by atoms with Gasteiger partial charge in [-0.15, -0.1) is 0 Å². The minimum absolute atomic E-state index is 0.182. The summed E-state index contributed by atoms with van der Waals surface area (Å²) in [5.74, 6) is -0.243. The molecule has 17 heavy (non-hydrogen) atoms. The van der Waals surface area contributed by atoms with Gasteiger partial charge in [-0.25, -0.2) is 4.39 Å². The molecule has 0 aromatic heterocycles. The fourth-order valence-corrected chi connectivity index (χ4v) is 2.79. The van der Waals surface area contributed by atoms with Crippen molar-refractivity contribution in [2.75, 3.05) is 0 Å². The SMILES string of the molecule is NC(C1=CCCCCC1)c1cccc(F)c1Br. The smallest absolute Gasteiger partial charge is 0.137 e. The van der Waals surface area contributed by atoms with Crippen LogP contribution < -0.4 is 5.73 Å². The van der Waals surface area contributed by atoms with E-state index in [0.717, 1.165) is 18.4 Å². The number of hydrogen-bond acceptors (Lipinski definition) is 1. The Bertz CT molecular complexity index is 428. The predicted molar refractivity (Wildman–Crippen MR) is 72.2 cm³/mol. The second-order valence-corrected chi connectivity index (χ2v) is 5.29. The van der Waals surface area contributed by atoms with E-state index in [1.165, 1.54) is 30.9 Å². The Kier molecular flexibility index (Phi) is 4.35. The fraction of sp³-hybridized carbons (Fsp3) is 0.429. The molecule has 1 unspecified atom stereocenters. The molecule has 0 spiro atoms. The van der Waals surface area contributed by atoms with Crippen LogP contribution in [-0.2, 0) is 0 Å². The quantitative estimate of drug-likeness (QED) is 0.800. The van der Waals surface area contributed by atoms with E-state index in [9.17, 15) is 4.39 Å². The van der Waals surface area contributed by atoms with Gasteiger partial charge in [0.15, 0.2) is 0 Å². The molecule has 0 heterocycles. The van der Waals surface area contributed by atoms with E-state index in [1.54, 1.807) is 6.07 Å². The summed E-state index contributed by atoms with van der Waals surface area (Å²) in [5.41, 5.74) is 8.33. The Morgan fingerprint density at radius 3 is 2.88 bits per heavy atom. The molecule has 0 radical (unpaired) electrons. The van der Waals surface area contributed by atoms with E-state index in [4.69, 9.17) is 5.73 Å². The second kappa shape index (κ2) is 5.78. The van der Waals surface area contributed by atoms with Crippen molar-refractivity contribution in [2.45, 2.75) is 38.1 Å². The maximum Gasteiger partial charge on any atom is 0.137 e. The Hall–Kier alpha value is -0.670. The van der Waals surface area contributed by atoms with E-state index >= 15 is 0 Å². The van der Waals surface area contributed by atoms with Crippen LogP contribution in [0.2, 0.25) is 0 Å². The molecule has 2 rings (SSSR count). The highest BCUT2D eigenvalue weighted by Crippen LogP contribution is 2.32. The molecule has 1 atom stereocenters. The normalized spacial score (nSPS) is 18.4. The monoisotopic (exact) mass is 297 g/mol. The average molecular weight is 298 g/mol. The molecule has 1 nitrogen and oxygen atoms in total. The zero-order valence-electron chi connectivity index (χ0n) is 9.76. The van der Waals surface area contributed by atoms with Crippen LogP contribution in [0.3, 0.4) is 0 Å². The summed E-state index contributed by atoms with van der Waals surface area (Å²) in [7, 11) is 0. The van der Waals surface area contributed by atoms with Crippen molar-refractivity contribution >= 4 is 15.9 Å². The second-order valence-electron chi connectivity index (χ2n) is 4.50. The van der Waals surface area contributed by atoms with Crippen molar-refractivity contribution in [2.24, 2.45) is 5.73 Å². The lowest BCUT2D eigenvalue weighted by molar-refractivity contribution is 0.613. The minimum atomic E-state index is -0.243. The summed E-state index contributed by atoms with van der Waals surface area (Å²) in [5, 5.41) is 0. The van der Waals surface area contributed by atoms with Gasteiger partial charge < -0.3 is 5.73 Å². The first-order valence-corrected chi connectivity index (χ1v) is 6.88. The van der Waals surface area contributed by atoms with Gasteiger partial charge in [-0.2, -0.15) is 0 Å². The zero-order chi connectivity index (χ0) is 12.3. The van der Waals surface area contributed by atoms with Crippen LogP contribution in [0, 0.1) is 5.82 Å². The lowest BCUT2D eigenvalue weighted by Crippen LogP contribution is -2.14. The van der Waals surface area contributed by atoms with Crippen LogP contribution in [-0.4, -0.2) is 0 Å². The number of benzene rings is 1. The zero-order valence-corrected chi connectivity index (χ0v) is 11.3. The van der Waals surface area contributed by atoms with Gasteiger partial charge in [0.25, 0.3) is 0 Å².